The molecular weight excluding hydrogens is 212 g/mol. The summed E-state index contributed by atoms with van der Waals surface area (Å²) >= 11 is 0. The van der Waals surface area contributed by atoms with Crippen LogP contribution in [0.25, 0.3) is 0 Å². The van der Waals surface area contributed by atoms with Crippen LogP contribution >= 0.6 is 0 Å². The number of benzene rings is 1. The van der Waals surface area contributed by atoms with E-state index in [1.165, 1.54) is 5.56 Å². The Labute approximate surface area is 102 Å². The molecule has 0 spiro atoms. The number of piperidine rings is 1. The number of hydrogen-bond acceptors (Lipinski definition) is 3. The molecule has 0 bridgehead atoms. The number of nitrogens with one attached hydrogen (secondary N) is 1. The highest BCUT2D eigenvalue weighted by atomic mass is 16.5. The highest BCUT2D eigenvalue weighted by molar-refractivity contribution is 5.33. The fraction of sp³-hybridized carbons (Fsp3) is 0.500. The minimum atomic E-state index is -0.0379. The topological polar surface area (TPSA) is 45.0 Å². The molecule has 1 saturated heterocycles. The van der Waals surface area contributed by atoms with E-state index >= 15 is 0 Å². The average molecular weight is 230 g/mol. The zero-order chi connectivity index (χ0) is 12.3. The van der Waals surface area contributed by atoms with Gasteiger partial charge in [-0.15, -0.1) is 0 Å². The van der Waals surface area contributed by atoms with Crippen molar-refractivity contribution in [3.05, 3.63) is 35.4 Å². The molecule has 1 aliphatic rings. The smallest absolute Gasteiger partial charge is 0.0991 e. The molecule has 2 rings (SSSR count). The Balaban J connectivity index is 2.14. The molecule has 0 amide bonds. The van der Waals surface area contributed by atoms with E-state index in [-0.39, 0.29) is 5.60 Å². The molecule has 1 aromatic carbocycles. The minimum Gasteiger partial charge on any atom is -0.378 e. The molecule has 1 aliphatic heterocycles. The lowest BCUT2D eigenvalue weighted by atomic mass is 9.86. The number of nitrogens with zero attached hydrogens (tertiary/aromatic N) is 1. The predicted molar refractivity (Wildman–Crippen MR) is 66.5 cm³/mol. The van der Waals surface area contributed by atoms with E-state index < -0.39 is 0 Å². The molecule has 3 heteroatoms. The normalized spacial score (nSPS) is 28.6. The monoisotopic (exact) mass is 230 g/mol. The number of ether oxygens (including phenoxy) is 1. The summed E-state index contributed by atoms with van der Waals surface area (Å²) in [4.78, 5) is 0. The Bertz CT molecular complexity index is 421. The molecular formula is C14H18N2O. The second kappa shape index (κ2) is 4.87. The number of nitriles is 1. The van der Waals surface area contributed by atoms with Crippen LogP contribution in [0.4, 0.5) is 0 Å². The summed E-state index contributed by atoms with van der Waals surface area (Å²) < 4.78 is 5.58. The SMILES string of the molecule is CO[C@@]1(C)CCN[C@@H](c2ccc(C#N)cc2)C1. The molecule has 0 unspecified atom stereocenters. The molecule has 1 heterocycles. The molecule has 0 radical (unpaired) electrons. The zero-order valence-electron chi connectivity index (χ0n) is 10.4. The molecule has 90 valence electrons. The molecule has 17 heavy (non-hydrogen) atoms. The first-order chi connectivity index (χ1) is 8.17. The van der Waals surface area contributed by atoms with Gasteiger partial charge < -0.3 is 10.1 Å². The van der Waals surface area contributed by atoms with Crippen LogP contribution in [-0.2, 0) is 4.74 Å². The van der Waals surface area contributed by atoms with Crippen molar-refractivity contribution in [2.24, 2.45) is 0 Å². The van der Waals surface area contributed by atoms with Crippen molar-refractivity contribution in [3.63, 3.8) is 0 Å². The van der Waals surface area contributed by atoms with Gasteiger partial charge in [0.1, 0.15) is 0 Å². The first-order valence-electron chi connectivity index (χ1n) is 5.95. The molecule has 0 saturated carbocycles. The molecule has 0 aromatic heterocycles. The fourth-order valence-corrected chi connectivity index (χ4v) is 2.33. The van der Waals surface area contributed by atoms with Crippen LogP contribution in [-0.4, -0.2) is 19.3 Å². The summed E-state index contributed by atoms with van der Waals surface area (Å²) in [6.07, 6.45) is 2.01. The highest BCUT2D eigenvalue weighted by Crippen LogP contribution is 2.32. The molecule has 3 nitrogen and oxygen atoms in total. The van der Waals surface area contributed by atoms with E-state index in [2.05, 4.69) is 18.3 Å². The standard InChI is InChI=1S/C14H18N2O/c1-14(17-2)7-8-16-13(9-14)12-5-3-11(10-15)4-6-12/h3-6,13,16H,7-9H2,1-2H3/t13-,14+/m1/s1. The van der Waals surface area contributed by atoms with E-state index in [4.69, 9.17) is 10.00 Å². The van der Waals surface area contributed by atoms with E-state index in [0.29, 0.717) is 11.6 Å². The van der Waals surface area contributed by atoms with Crippen LogP contribution in [0, 0.1) is 11.3 Å². The van der Waals surface area contributed by atoms with Gasteiger partial charge in [0.15, 0.2) is 0 Å². The van der Waals surface area contributed by atoms with Crippen molar-refractivity contribution in [1.29, 1.82) is 5.26 Å². The maximum atomic E-state index is 8.77. The first kappa shape index (κ1) is 12.1. The van der Waals surface area contributed by atoms with Gasteiger partial charge in [0.05, 0.1) is 17.2 Å². The van der Waals surface area contributed by atoms with Gasteiger partial charge >= 0.3 is 0 Å². The lowest BCUT2D eigenvalue weighted by Crippen LogP contribution is -2.42. The third kappa shape index (κ3) is 2.66. The van der Waals surface area contributed by atoms with E-state index in [9.17, 15) is 0 Å². The summed E-state index contributed by atoms with van der Waals surface area (Å²) in [7, 11) is 1.78. The second-order valence-corrected chi connectivity index (χ2v) is 4.85. The molecule has 1 fully saturated rings. The number of rotatable bonds is 2. The summed E-state index contributed by atoms with van der Waals surface area (Å²) in [5.74, 6) is 0. The van der Waals surface area contributed by atoms with Gasteiger partial charge in [-0.05, 0) is 44.0 Å². The van der Waals surface area contributed by atoms with Gasteiger partial charge in [-0.2, -0.15) is 5.26 Å². The lowest BCUT2D eigenvalue weighted by Gasteiger charge is -2.38. The Kier molecular flexibility index (Phi) is 3.46. The number of hydrogen-bond donors (Lipinski definition) is 1. The van der Waals surface area contributed by atoms with Crippen molar-refractivity contribution < 1.29 is 4.74 Å². The Morgan fingerprint density at radius 3 is 2.71 bits per heavy atom. The van der Waals surface area contributed by atoms with Crippen LogP contribution < -0.4 is 5.32 Å². The van der Waals surface area contributed by atoms with Crippen LogP contribution in [0.5, 0.6) is 0 Å². The largest absolute Gasteiger partial charge is 0.378 e. The average Bonchev–Trinajstić information content (AvgIpc) is 2.39. The van der Waals surface area contributed by atoms with Crippen molar-refractivity contribution in [2.75, 3.05) is 13.7 Å². The third-order valence-electron chi connectivity index (χ3n) is 3.62. The summed E-state index contributed by atoms with van der Waals surface area (Å²) in [5, 5.41) is 12.3. The van der Waals surface area contributed by atoms with Gasteiger partial charge in [0, 0.05) is 13.2 Å². The third-order valence-corrected chi connectivity index (χ3v) is 3.62. The van der Waals surface area contributed by atoms with Crippen LogP contribution in [0.2, 0.25) is 0 Å². The fourth-order valence-electron chi connectivity index (χ4n) is 2.33. The van der Waals surface area contributed by atoms with Crippen molar-refractivity contribution >= 4 is 0 Å². The number of methoxy groups -OCH3 is 1. The first-order valence-corrected chi connectivity index (χ1v) is 5.95. The minimum absolute atomic E-state index is 0.0379. The maximum absolute atomic E-state index is 8.77. The van der Waals surface area contributed by atoms with Crippen molar-refractivity contribution in [1.82, 2.24) is 5.32 Å². The van der Waals surface area contributed by atoms with E-state index in [1.54, 1.807) is 7.11 Å². The zero-order valence-corrected chi connectivity index (χ0v) is 10.4. The van der Waals surface area contributed by atoms with Crippen LogP contribution in [0.1, 0.15) is 36.9 Å². The van der Waals surface area contributed by atoms with Crippen molar-refractivity contribution in [3.8, 4) is 6.07 Å². The maximum Gasteiger partial charge on any atom is 0.0991 e. The summed E-state index contributed by atoms with van der Waals surface area (Å²) in [6.45, 7) is 3.12. The van der Waals surface area contributed by atoms with Gasteiger partial charge in [-0.1, -0.05) is 12.1 Å². The Hall–Kier alpha value is -1.37. The Morgan fingerprint density at radius 2 is 2.12 bits per heavy atom. The Morgan fingerprint density at radius 1 is 1.41 bits per heavy atom. The summed E-state index contributed by atoms with van der Waals surface area (Å²) in [5.41, 5.74) is 1.90. The van der Waals surface area contributed by atoms with E-state index in [1.807, 2.05) is 24.3 Å². The van der Waals surface area contributed by atoms with E-state index in [0.717, 1.165) is 19.4 Å². The summed E-state index contributed by atoms with van der Waals surface area (Å²) in [6, 6.07) is 10.3. The molecule has 2 atom stereocenters. The van der Waals surface area contributed by atoms with Gasteiger partial charge in [0.2, 0.25) is 0 Å². The molecule has 0 aliphatic carbocycles. The van der Waals surface area contributed by atoms with Gasteiger partial charge in [-0.25, -0.2) is 0 Å². The quantitative estimate of drug-likeness (QED) is 0.848. The highest BCUT2D eigenvalue weighted by Gasteiger charge is 2.32. The second-order valence-electron chi connectivity index (χ2n) is 4.85. The van der Waals surface area contributed by atoms with Crippen LogP contribution in [0.15, 0.2) is 24.3 Å². The predicted octanol–water partition coefficient (Wildman–Crippen LogP) is 2.39. The molecule has 1 N–H and O–H groups in total. The van der Waals surface area contributed by atoms with Crippen LogP contribution in [0.3, 0.4) is 0 Å². The van der Waals surface area contributed by atoms with Gasteiger partial charge in [-0.3, -0.25) is 0 Å². The lowest BCUT2D eigenvalue weighted by molar-refractivity contribution is -0.0300. The van der Waals surface area contributed by atoms with Crippen molar-refractivity contribution in [2.45, 2.75) is 31.4 Å². The van der Waals surface area contributed by atoms with Gasteiger partial charge in [0.25, 0.3) is 0 Å². The molecule has 1 aromatic rings.